The molecule has 0 radical (unpaired) electrons. The number of benzene rings is 1. The molecule has 0 aliphatic heterocycles. The smallest absolute Gasteiger partial charge is 0.170 e. The molecule has 1 aliphatic carbocycles. The molecule has 1 aromatic carbocycles. The first-order valence-corrected chi connectivity index (χ1v) is 10.1. The Bertz CT molecular complexity index is 931. The van der Waals surface area contributed by atoms with Crippen molar-refractivity contribution in [2.24, 2.45) is 0 Å². The molecule has 1 fully saturated rings. The molecule has 27 heavy (non-hydrogen) atoms. The topological polar surface area (TPSA) is 76.7 Å². The molecule has 6 nitrogen and oxygen atoms in total. The van der Waals surface area contributed by atoms with E-state index in [4.69, 9.17) is 0 Å². The average molecular weight is 409 g/mol. The standard InChI is InChI=1S/C17H17F2N5OS2/c1-10(26-16-22-15(23-27-16)11-2-3-11)17(25,7-24-9-20-8-21-24)13-5-4-12(18)6-14(13)19/h4-6,8-11,25H,2-3,7H2,1H3/t10-,17-/m1/s1. The second-order valence-corrected chi connectivity index (χ2v) is 8.93. The maximum atomic E-state index is 14.5. The Morgan fingerprint density at radius 1 is 1.41 bits per heavy atom. The molecule has 3 aromatic rings. The number of halogens is 2. The number of nitrogens with zero attached hydrogens (tertiary/aromatic N) is 5. The minimum Gasteiger partial charge on any atom is -0.382 e. The fourth-order valence-corrected chi connectivity index (χ4v) is 4.92. The molecule has 0 amide bonds. The monoisotopic (exact) mass is 409 g/mol. The second-order valence-electron chi connectivity index (χ2n) is 6.59. The molecular weight excluding hydrogens is 392 g/mol. The quantitative estimate of drug-likeness (QED) is 0.603. The van der Waals surface area contributed by atoms with Crippen molar-refractivity contribution in [1.29, 1.82) is 0 Å². The zero-order valence-corrected chi connectivity index (χ0v) is 16.1. The van der Waals surface area contributed by atoms with Crippen LogP contribution in [0.3, 0.4) is 0 Å². The van der Waals surface area contributed by atoms with E-state index in [0.717, 1.165) is 30.8 Å². The summed E-state index contributed by atoms with van der Waals surface area (Å²) < 4.78 is 34.4. The molecule has 0 spiro atoms. The number of aromatic nitrogens is 5. The summed E-state index contributed by atoms with van der Waals surface area (Å²) in [6.45, 7) is 1.75. The third kappa shape index (κ3) is 3.87. The van der Waals surface area contributed by atoms with Crippen molar-refractivity contribution in [3.05, 3.63) is 53.9 Å². The summed E-state index contributed by atoms with van der Waals surface area (Å²) in [6, 6.07) is 3.18. The Morgan fingerprint density at radius 2 is 2.22 bits per heavy atom. The first kappa shape index (κ1) is 18.5. The van der Waals surface area contributed by atoms with Crippen molar-refractivity contribution in [2.75, 3.05) is 0 Å². The predicted molar refractivity (Wildman–Crippen MR) is 97.5 cm³/mol. The highest BCUT2D eigenvalue weighted by atomic mass is 32.2. The third-order valence-electron chi connectivity index (χ3n) is 4.58. The lowest BCUT2D eigenvalue weighted by Crippen LogP contribution is -2.41. The first-order valence-electron chi connectivity index (χ1n) is 8.46. The van der Waals surface area contributed by atoms with Crippen molar-refractivity contribution in [3.8, 4) is 0 Å². The Morgan fingerprint density at radius 3 is 2.89 bits per heavy atom. The lowest BCUT2D eigenvalue weighted by atomic mass is 9.90. The summed E-state index contributed by atoms with van der Waals surface area (Å²) in [5, 5.41) is 15.0. The number of aliphatic hydroxyl groups is 1. The van der Waals surface area contributed by atoms with Gasteiger partial charge in [-0.05, 0) is 37.4 Å². The van der Waals surface area contributed by atoms with Gasteiger partial charge in [0.15, 0.2) is 4.34 Å². The molecule has 1 aliphatic rings. The van der Waals surface area contributed by atoms with Crippen LogP contribution >= 0.6 is 23.3 Å². The molecule has 0 bridgehead atoms. The highest BCUT2D eigenvalue weighted by molar-refractivity contribution is 8.01. The van der Waals surface area contributed by atoms with Gasteiger partial charge in [0.05, 0.1) is 6.54 Å². The molecule has 2 heterocycles. The number of thioether (sulfide) groups is 1. The van der Waals surface area contributed by atoms with Crippen LogP contribution in [-0.2, 0) is 12.1 Å². The van der Waals surface area contributed by atoms with E-state index in [1.807, 2.05) is 0 Å². The summed E-state index contributed by atoms with van der Waals surface area (Å²) in [4.78, 5) is 8.39. The largest absolute Gasteiger partial charge is 0.382 e. The average Bonchev–Trinajstić information content (AvgIpc) is 3.15. The summed E-state index contributed by atoms with van der Waals surface area (Å²) in [5.74, 6) is -0.226. The number of hydrogen-bond donors (Lipinski definition) is 1. The lowest BCUT2D eigenvalue weighted by Gasteiger charge is -2.33. The Balaban J connectivity index is 1.65. The van der Waals surface area contributed by atoms with E-state index in [1.54, 1.807) is 6.92 Å². The molecular formula is C17H17F2N5OS2. The van der Waals surface area contributed by atoms with Crippen molar-refractivity contribution in [3.63, 3.8) is 0 Å². The van der Waals surface area contributed by atoms with Gasteiger partial charge in [-0.3, -0.25) is 0 Å². The van der Waals surface area contributed by atoms with Crippen LogP contribution in [0, 0.1) is 11.6 Å². The number of hydrogen-bond acceptors (Lipinski definition) is 7. The molecule has 0 saturated heterocycles. The van der Waals surface area contributed by atoms with Gasteiger partial charge in [0, 0.05) is 22.8 Å². The fraction of sp³-hybridized carbons (Fsp3) is 0.412. The van der Waals surface area contributed by atoms with Crippen LogP contribution < -0.4 is 0 Å². The van der Waals surface area contributed by atoms with Crippen molar-refractivity contribution < 1.29 is 13.9 Å². The summed E-state index contributed by atoms with van der Waals surface area (Å²) in [5.41, 5.74) is -1.65. The molecule has 4 rings (SSSR count). The Kier molecular flexibility index (Phi) is 4.95. The van der Waals surface area contributed by atoms with Crippen LogP contribution in [0.4, 0.5) is 8.78 Å². The Hall–Kier alpha value is -1.91. The highest BCUT2D eigenvalue weighted by Gasteiger charge is 2.40. The summed E-state index contributed by atoms with van der Waals surface area (Å²) >= 11 is 2.59. The van der Waals surface area contributed by atoms with E-state index in [0.29, 0.717) is 10.3 Å². The van der Waals surface area contributed by atoms with Gasteiger partial charge in [0.2, 0.25) is 0 Å². The van der Waals surface area contributed by atoms with Crippen LogP contribution in [0.2, 0.25) is 0 Å². The lowest BCUT2D eigenvalue weighted by molar-refractivity contribution is 0.0133. The normalized spacial score (nSPS) is 17.6. The predicted octanol–water partition coefficient (Wildman–Crippen LogP) is 3.35. The molecule has 0 unspecified atom stereocenters. The second kappa shape index (κ2) is 7.25. The zero-order chi connectivity index (χ0) is 19.0. The van der Waals surface area contributed by atoms with Gasteiger partial charge >= 0.3 is 0 Å². The van der Waals surface area contributed by atoms with Crippen molar-refractivity contribution in [1.82, 2.24) is 24.1 Å². The fourth-order valence-electron chi connectivity index (χ4n) is 2.86. The molecule has 2 aromatic heterocycles. The van der Waals surface area contributed by atoms with E-state index >= 15 is 0 Å². The van der Waals surface area contributed by atoms with E-state index < -0.39 is 22.5 Å². The van der Waals surface area contributed by atoms with Crippen LogP contribution in [0.1, 0.15) is 37.1 Å². The van der Waals surface area contributed by atoms with Gasteiger partial charge in [0.1, 0.15) is 35.7 Å². The van der Waals surface area contributed by atoms with Gasteiger partial charge in [-0.25, -0.2) is 23.4 Å². The highest BCUT2D eigenvalue weighted by Crippen LogP contribution is 2.43. The minimum atomic E-state index is -1.65. The SMILES string of the molecule is C[C@@H](Sc1nc(C2CC2)ns1)[C@](O)(Cn1cncn1)c1ccc(F)cc1F. The molecule has 1 saturated carbocycles. The van der Waals surface area contributed by atoms with Crippen LogP contribution in [0.15, 0.2) is 35.2 Å². The molecule has 1 N–H and O–H groups in total. The van der Waals surface area contributed by atoms with Crippen molar-refractivity contribution in [2.45, 2.75) is 47.4 Å². The molecule has 142 valence electrons. The first-order chi connectivity index (χ1) is 13.0. The maximum absolute atomic E-state index is 14.5. The van der Waals surface area contributed by atoms with Gasteiger partial charge < -0.3 is 5.11 Å². The molecule has 2 atom stereocenters. The number of rotatable bonds is 7. The van der Waals surface area contributed by atoms with E-state index in [-0.39, 0.29) is 12.1 Å². The van der Waals surface area contributed by atoms with E-state index in [9.17, 15) is 13.9 Å². The van der Waals surface area contributed by atoms with Crippen LogP contribution in [-0.4, -0.2) is 34.5 Å². The van der Waals surface area contributed by atoms with E-state index in [2.05, 4.69) is 19.4 Å². The van der Waals surface area contributed by atoms with Crippen LogP contribution in [0.5, 0.6) is 0 Å². The third-order valence-corrected chi connectivity index (χ3v) is 6.66. The maximum Gasteiger partial charge on any atom is 0.170 e. The minimum absolute atomic E-state index is 0.00586. The molecule has 10 heteroatoms. The Labute approximate surface area is 162 Å². The summed E-state index contributed by atoms with van der Waals surface area (Å²) in [7, 11) is 0. The van der Waals surface area contributed by atoms with Gasteiger partial charge in [-0.1, -0.05) is 17.8 Å². The van der Waals surface area contributed by atoms with Gasteiger partial charge in [-0.2, -0.15) is 9.47 Å². The summed E-state index contributed by atoms with van der Waals surface area (Å²) in [6.07, 6.45) is 4.99. The van der Waals surface area contributed by atoms with Gasteiger partial charge in [0.25, 0.3) is 0 Å². The van der Waals surface area contributed by atoms with Crippen LogP contribution in [0.25, 0.3) is 0 Å². The van der Waals surface area contributed by atoms with E-state index in [1.165, 1.54) is 46.7 Å². The zero-order valence-electron chi connectivity index (χ0n) is 14.4. The van der Waals surface area contributed by atoms with Crippen molar-refractivity contribution >= 4 is 23.3 Å². The van der Waals surface area contributed by atoms with Gasteiger partial charge in [-0.15, -0.1) is 0 Å².